The molecule has 5 nitrogen and oxygen atoms in total. The smallest absolute Gasteiger partial charge is 0.261 e. The first-order valence-corrected chi connectivity index (χ1v) is 11.2. The third-order valence-electron chi connectivity index (χ3n) is 5.18. The Bertz CT molecular complexity index is 1180. The standard InChI is InChI=1S/C23H21FN2O3S/c24-18-11-13-19(14-12-18)26-30(28,29)20-8-3-7-17(15-20)23(27)25-22-10-4-6-16-5-1-2-9-21(16)22/h1-3,5,7-9,11-15,22,26H,4,6,10H2,(H,25,27)/t22-/m1/s1. The van der Waals surface area contributed by atoms with Crippen molar-refractivity contribution in [2.24, 2.45) is 0 Å². The molecule has 1 atom stereocenters. The Morgan fingerprint density at radius 2 is 1.73 bits per heavy atom. The van der Waals surface area contributed by atoms with E-state index in [9.17, 15) is 17.6 Å². The highest BCUT2D eigenvalue weighted by atomic mass is 32.2. The van der Waals surface area contributed by atoms with Gasteiger partial charge >= 0.3 is 0 Å². The zero-order chi connectivity index (χ0) is 21.1. The molecular formula is C23H21FN2O3S. The fourth-order valence-electron chi connectivity index (χ4n) is 3.68. The van der Waals surface area contributed by atoms with Crippen molar-refractivity contribution >= 4 is 21.6 Å². The molecule has 0 unspecified atom stereocenters. The number of carbonyl (C=O) groups excluding carboxylic acids is 1. The van der Waals surface area contributed by atoms with Gasteiger partial charge in [0, 0.05) is 11.3 Å². The fourth-order valence-corrected chi connectivity index (χ4v) is 4.79. The van der Waals surface area contributed by atoms with Crippen LogP contribution in [0.4, 0.5) is 10.1 Å². The van der Waals surface area contributed by atoms with Gasteiger partial charge in [0.2, 0.25) is 0 Å². The topological polar surface area (TPSA) is 75.3 Å². The molecule has 1 amide bonds. The number of nitrogens with one attached hydrogen (secondary N) is 2. The summed E-state index contributed by atoms with van der Waals surface area (Å²) >= 11 is 0. The van der Waals surface area contributed by atoms with Crippen LogP contribution in [-0.4, -0.2) is 14.3 Å². The van der Waals surface area contributed by atoms with Crippen molar-refractivity contribution in [2.45, 2.75) is 30.2 Å². The lowest BCUT2D eigenvalue weighted by atomic mass is 9.87. The molecule has 4 rings (SSSR count). The van der Waals surface area contributed by atoms with E-state index in [-0.39, 0.29) is 28.1 Å². The zero-order valence-corrected chi connectivity index (χ0v) is 17.0. The maximum Gasteiger partial charge on any atom is 0.261 e. The van der Waals surface area contributed by atoms with E-state index in [1.807, 2.05) is 18.2 Å². The first kappa shape index (κ1) is 20.1. The van der Waals surface area contributed by atoms with Gasteiger partial charge in [0.1, 0.15) is 5.82 Å². The Hall–Kier alpha value is -3.19. The van der Waals surface area contributed by atoms with Crippen LogP contribution in [0.15, 0.2) is 77.7 Å². The molecule has 0 bridgehead atoms. The molecule has 0 radical (unpaired) electrons. The van der Waals surface area contributed by atoms with Crippen LogP contribution < -0.4 is 10.0 Å². The summed E-state index contributed by atoms with van der Waals surface area (Å²) in [5.41, 5.74) is 2.85. The minimum Gasteiger partial charge on any atom is -0.345 e. The monoisotopic (exact) mass is 424 g/mol. The molecule has 0 aromatic heterocycles. The lowest BCUT2D eigenvalue weighted by molar-refractivity contribution is 0.0932. The molecule has 0 aliphatic heterocycles. The van der Waals surface area contributed by atoms with Crippen LogP contribution in [0.3, 0.4) is 0 Å². The summed E-state index contributed by atoms with van der Waals surface area (Å²) in [4.78, 5) is 12.8. The van der Waals surface area contributed by atoms with Crippen molar-refractivity contribution in [1.29, 1.82) is 0 Å². The Morgan fingerprint density at radius 1 is 0.967 bits per heavy atom. The van der Waals surface area contributed by atoms with E-state index < -0.39 is 15.8 Å². The summed E-state index contributed by atoms with van der Waals surface area (Å²) in [6.07, 6.45) is 2.82. The third kappa shape index (κ3) is 4.36. The number of fused-ring (bicyclic) bond motifs is 1. The van der Waals surface area contributed by atoms with Crippen molar-refractivity contribution in [2.75, 3.05) is 4.72 Å². The molecule has 0 saturated carbocycles. The van der Waals surface area contributed by atoms with Gasteiger partial charge in [0.15, 0.2) is 0 Å². The largest absolute Gasteiger partial charge is 0.345 e. The summed E-state index contributed by atoms with van der Waals surface area (Å²) in [7, 11) is -3.92. The molecule has 1 aliphatic carbocycles. The molecule has 154 valence electrons. The van der Waals surface area contributed by atoms with Gasteiger partial charge in [-0.1, -0.05) is 30.3 Å². The Balaban J connectivity index is 1.53. The lowest BCUT2D eigenvalue weighted by Gasteiger charge is -2.26. The highest BCUT2D eigenvalue weighted by molar-refractivity contribution is 7.92. The molecule has 2 N–H and O–H groups in total. The van der Waals surface area contributed by atoms with Crippen LogP contribution in [-0.2, 0) is 16.4 Å². The molecule has 0 fully saturated rings. The van der Waals surface area contributed by atoms with Crippen molar-refractivity contribution < 1.29 is 17.6 Å². The third-order valence-corrected chi connectivity index (χ3v) is 6.56. The zero-order valence-electron chi connectivity index (χ0n) is 16.1. The summed E-state index contributed by atoms with van der Waals surface area (Å²) in [6, 6.07) is 18.8. The number of hydrogen-bond donors (Lipinski definition) is 2. The number of sulfonamides is 1. The number of halogens is 1. The van der Waals surface area contributed by atoms with Gasteiger partial charge in [-0.05, 0) is 72.9 Å². The molecule has 0 heterocycles. The lowest BCUT2D eigenvalue weighted by Crippen LogP contribution is -2.31. The first-order valence-electron chi connectivity index (χ1n) is 9.69. The Labute approximate surface area is 175 Å². The molecule has 30 heavy (non-hydrogen) atoms. The average molecular weight is 424 g/mol. The van der Waals surface area contributed by atoms with Crippen LogP contribution in [0.25, 0.3) is 0 Å². The van der Waals surface area contributed by atoms with E-state index >= 15 is 0 Å². The minimum absolute atomic E-state index is 0.0384. The quantitative estimate of drug-likeness (QED) is 0.636. The number of hydrogen-bond acceptors (Lipinski definition) is 3. The number of carbonyl (C=O) groups is 1. The fraction of sp³-hybridized carbons (Fsp3) is 0.174. The number of amides is 1. The summed E-state index contributed by atoms with van der Waals surface area (Å²) in [5.74, 6) is -0.781. The van der Waals surface area contributed by atoms with Crippen molar-refractivity contribution in [1.82, 2.24) is 5.32 Å². The van der Waals surface area contributed by atoms with E-state index in [1.165, 1.54) is 48.0 Å². The van der Waals surface area contributed by atoms with Gasteiger partial charge in [-0.2, -0.15) is 0 Å². The van der Waals surface area contributed by atoms with E-state index in [2.05, 4.69) is 16.1 Å². The van der Waals surface area contributed by atoms with Gasteiger partial charge < -0.3 is 5.32 Å². The molecule has 0 spiro atoms. The predicted octanol–water partition coefficient (Wildman–Crippen LogP) is 4.43. The van der Waals surface area contributed by atoms with Crippen LogP contribution in [0.2, 0.25) is 0 Å². The van der Waals surface area contributed by atoms with Crippen molar-refractivity contribution in [3.8, 4) is 0 Å². The van der Waals surface area contributed by atoms with Crippen molar-refractivity contribution in [3.05, 3.63) is 95.3 Å². The van der Waals surface area contributed by atoms with E-state index in [0.717, 1.165) is 24.8 Å². The summed E-state index contributed by atoms with van der Waals surface area (Å²) in [6.45, 7) is 0. The van der Waals surface area contributed by atoms with E-state index in [4.69, 9.17) is 0 Å². The maximum atomic E-state index is 13.0. The van der Waals surface area contributed by atoms with Crippen LogP contribution in [0.1, 0.15) is 40.4 Å². The number of anilines is 1. The number of benzene rings is 3. The molecule has 1 aliphatic rings. The first-order chi connectivity index (χ1) is 14.4. The van der Waals surface area contributed by atoms with Crippen LogP contribution >= 0.6 is 0 Å². The van der Waals surface area contributed by atoms with Crippen molar-refractivity contribution in [3.63, 3.8) is 0 Å². The molecule has 3 aromatic carbocycles. The second-order valence-corrected chi connectivity index (χ2v) is 8.94. The van der Waals surface area contributed by atoms with Crippen LogP contribution in [0.5, 0.6) is 0 Å². The normalized spacial score (nSPS) is 15.8. The highest BCUT2D eigenvalue weighted by Gasteiger charge is 2.23. The highest BCUT2D eigenvalue weighted by Crippen LogP contribution is 2.29. The van der Waals surface area contributed by atoms with E-state index in [1.54, 1.807) is 6.07 Å². The second kappa shape index (κ2) is 8.28. The maximum absolute atomic E-state index is 13.0. The molecule has 3 aromatic rings. The van der Waals surface area contributed by atoms with Gasteiger partial charge in [-0.15, -0.1) is 0 Å². The van der Waals surface area contributed by atoms with Gasteiger partial charge in [0.25, 0.3) is 15.9 Å². The van der Waals surface area contributed by atoms with E-state index in [0.29, 0.717) is 0 Å². The minimum atomic E-state index is -3.92. The molecular weight excluding hydrogens is 403 g/mol. The van der Waals surface area contributed by atoms with Crippen LogP contribution in [0, 0.1) is 5.82 Å². The summed E-state index contributed by atoms with van der Waals surface area (Å²) in [5, 5.41) is 3.03. The number of rotatable bonds is 5. The predicted molar refractivity (Wildman–Crippen MR) is 113 cm³/mol. The summed E-state index contributed by atoms with van der Waals surface area (Å²) < 4.78 is 40.8. The Morgan fingerprint density at radius 3 is 2.53 bits per heavy atom. The number of aryl methyl sites for hydroxylation is 1. The molecule has 0 saturated heterocycles. The Kier molecular flexibility index (Phi) is 5.55. The average Bonchev–Trinajstić information content (AvgIpc) is 2.75. The second-order valence-electron chi connectivity index (χ2n) is 7.26. The van der Waals surface area contributed by atoms with Gasteiger partial charge in [-0.25, -0.2) is 12.8 Å². The SMILES string of the molecule is O=C(N[C@@H]1CCCc2ccccc21)c1cccc(S(=O)(=O)Nc2ccc(F)cc2)c1. The molecule has 7 heteroatoms. The van der Waals surface area contributed by atoms with Gasteiger partial charge in [-0.3, -0.25) is 9.52 Å². The van der Waals surface area contributed by atoms with Gasteiger partial charge in [0.05, 0.1) is 10.9 Å².